The Bertz CT molecular complexity index is 1290. The molecule has 2 aromatic heterocycles. The number of nitrogens with one attached hydrogen (secondary N) is 1. The summed E-state index contributed by atoms with van der Waals surface area (Å²) < 4.78 is 6.91. The number of rotatable bonds is 5. The lowest BCUT2D eigenvalue weighted by Gasteiger charge is -2.14. The van der Waals surface area contributed by atoms with E-state index in [1.54, 1.807) is 47.2 Å². The van der Waals surface area contributed by atoms with E-state index in [0.717, 1.165) is 11.1 Å². The van der Waals surface area contributed by atoms with Crippen molar-refractivity contribution in [3.05, 3.63) is 81.3 Å². The molecule has 30 heavy (non-hydrogen) atoms. The summed E-state index contributed by atoms with van der Waals surface area (Å²) in [5.74, 6) is 0.801. The minimum Gasteiger partial charge on any atom is -0.359 e. The predicted octanol–water partition coefficient (Wildman–Crippen LogP) is 4.82. The highest BCUT2D eigenvalue weighted by molar-refractivity contribution is 6.30. The quantitative estimate of drug-likeness (QED) is 0.501. The van der Waals surface area contributed by atoms with Gasteiger partial charge in [-0.25, -0.2) is 0 Å². The largest absolute Gasteiger partial charge is 0.359 e. The molecule has 0 fully saturated rings. The molecule has 6 nitrogen and oxygen atoms in total. The Morgan fingerprint density at radius 2 is 1.93 bits per heavy atom. The number of halogens is 1. The van der Waals surface area contributed by atoms with Crippen molar-refractivity contribution in [2.75, 3.05) is 5.32 Å². The first-order valence-electron chi connectivity index (χ1n) is 9.60. The van der Waals surface area contributed by atoms with Crippen molar-refractivity contribution in [3.63, 3.8) is 0 Å². The molecule has 0 saturated heterocycles. The maximum atomic E-state index is 13.1. The fraction of sp³-hybridized carbons (Fsp3) is 0.174. The fourth-order valence-corrected chi connectivity index (χ4v) is 3.47. The van der Waals surface area contributed by atoms with E-state index in [2.05, 4.69) is 10.5 Å². The summed E-state index contributed by atoms with van der Waals surface area (Å²) >= 11 is 5.99. The van der Waals surface area contributed by atoms with Crippen LogP contribution in [0.4, 0.5) is 5.82 Å². The number of fused-ring (bicyclic) bond motifs is 1. The molecule has 2 aromatic carbocycles. The van der Waals surface area contributed by atoms with Crippen molar-refractivity contribution >= 4 is 34.2 Å². The first kappa shape index (κ1) is 19.9. The van der Waals surface area contributed by atoms with Crippen molar-refractivity contribution in [1.29, 1.82) is 0 Å². The number of aryl methyl sites for hydroxylation is 2. The molecule has 4 rings (SSSR count). The third kappa shape index (κ3) is 4.00. The number of amides is 1. The second kappa shape index (κ2) is 8.16. The van der Waals surface area contributed by atoms with Gasteiger partial charge in [-0.05, 0) is 42.3 Å². The van der Waals surface area contributed by atoms with Gasteiger partial charge in [0.05, 0.1) is 5.52 Å². The van der Waals surface area contributed by atoms with Crippen LogP contribution in [0.5, 0.6) is 0 Å². The average molecular weight is 422 g/mol. The molecule has 0 saturated carbocycles. The van der Waals surface area contributed by atoms with Crippen molar-refractivity contribution < 1.29 is 9.32 Å². The lowest BCUT2D eigenvalue weighted by Crippen LogP contribution is -2.21. The van der Waals surface area contributed by atoms with Crippen LogP contribution in [0.2, 0.25) is 5.02 Å². The second-order valence-electron chi connectivity index (χ2n) is 7.11. The number of carbonyl (C=O) groups excluding carboxylic acids is 1. The number of hydrogen-bond donors (Lipinski definition) is 1. The van der Waals surface area contributed by atoms with Gasteiger partial charge in [-0.1, -0.05) is 41.9 Å². The van der Waals surface area contributed by atoms with Crippen LogP contribution in [0.25, 0.3) is 22.0 Å². The summed E-state index contributed by atoms with van der Waals surface area (Å²) in [7, 11) is 0. The minimum atomic E-state index is -0.264. The first-order valence-corrected chi connectivity index (χ1v) is 9.97. The standard InChI is InChI=1S/C23H20ClN3O3/c1-3-17-11-21(26-30-17)25-22(28)13-27-12-19(15-5-7-16(24)8-6-15)23(29)18-9-4-14(2)10-20(18)27/h4-12H,3,13H2,1-2H3,(H,25,26,28). The number of benzene rings is 2. The number of nitrogens with zero attached hydrogens (tertiary/aromatic N) is 2. The first-order chi connectivity index (χ1) is 14.4. The highest BCUT2D eigenvalue weighted by Gasteiger charge is 2.14. The van der Waals surface area contributed by atoms with Crippen LogP contribution in [0, 0.1) is 6.92 Å². The van der Waals surface area contributed by atoms with Crippen LogP contribution < -0.4 is 10.7 Å². The van der Waals surface area contributed by atoms with Crippen LogP contribution >= 0.6 is 11.6 Å². The zero-order valence-electron chi connectivity index (χ0n) is 16.6. The van der Waals surface area contributed by atoms with Crippen LogP contribution in [-0.2, 0) is 17.8 Å². The number of pyridine rings is 1. The molecule has 0 bridgehead atoms. The van der Waals surface area contributed by atoms with Gasteiger partial charge in [-0.3, -0.25) is 9.59 Å². The molecule has 0 aliphatic rings. The van der Waals surface area contributed by atoms with E-state index in [1.807, 2.05) is 26.0 Å². The number of aromatic nitrogens is 2. The molecule has 0 aliphatic carbocycles. The minimum absolute atomic E-state index is 0.0230. The van der Waals surface area contributed by atoms with E-state index < -0.39 is 0 Å². The SMILES string of the molecule is CCc1cc(NC(=O)Cn2cc(-c3ccc(Cl)cc3)c(=O)c3ccc(C)cc32)no1. The van der Waals surface area contributed by atoms with E-state index in [-0.39, 0.29) is 17.9 Å². The van der Waals surface area contributed by atoms with E-state index in [1.165, 1.54) is 0 Å². The molecule has 4 aromatic rings. The Labute approximate surface area is 178 Å². The van der Waals surface area contributed by atoms with Crippen molar-refractivity contribution in [2.24, 2.45) is 0 Å². The maximum Gasteiger partial charge on any atom is 0.245 e. The fourth-order valence-electron chi connectivity index (χ4n) is 3.34. The van der Waals surface area contributed by atoms with Gasteiger partial charge in [0.25, 0.3) is 0 Å². The van der Waals surface area contributed by atoms with E-state index in [0.29, 0.717) is 39.5 Å². The third-order valence-corrected chi connectivity index (χ3v) is 5.13. The van der Waals surface area contributed by atoms with Crippen molar-refractivity contribution in [2.45, 2.75) is 26.8 Å². The Morgan fingerprint density at radius 1 is 1.17 bits per heavy atom. The number of hydrogen-bond acceptors (Lipinski definition) is 4. The zero-order chi connectivity index (χ0) is 21.3. The predicted molar refractivity (Wildman–Crippen MR) is 118 cm³/mol. The Hall–Kier alpha value is -3.38. The van der Waals surface area contributed by atoms with Crippen LogP contribution in [0.15, 0.2) is 64.0 Å². The molecule has 7 heteroatoms. The highest BCUT2D eigenvalue weighted by Crippen LogP contribution is 2.23. The summed E-state index contributed by atoms with van der Waals surface area (Å²) in [6.45, 7) is 3.91. The van der Waals surface area contributed by atoms with Crippen LogP contribution in [0.1, 0.15) is 18.2 Å². The van der Waals surface area contributed by atoms with Gasteiger partial charge >= 0.3 is 0 Å². The molecule has 2 heterocycles. The van der Waals surface area contributed by atoms with Gasteiger partial charge < -0.3 is 14.4 Å². The maximum absolute atomic E-state index is 13.1. The van der Waals surface area contributed by atoms with E-state index in [4.69, 9.17) is 16.1 Å². The van der Waals surface area contributed by atoms with Gasteiger partial charge in [0.15, 0.2) is 11.2 Å². The van der Waals surface area contributed by atoms with Crippen LogP contribution in [0.3, 0.4) is 0 Å². The summed E-state index contributed by atoms with van der Waals surface area (Å²) in [6.07, 6.45) is 2.41. The van der Waals surface area contributed by atoms with E-state index >= 15 is 0 Å². The Balaban J connectivity index is 1.76. The van der Waals surface area contributed by atoms with Crippen LogP contribution in [-0.4, -0.2) is 15.6 Å². The molecule has 1 amide bonds. The highest BCUT2D eigenvalue weighted by atomic mass is 35.5. The second-order valence-corrected chi connectivity index (χ2v) is 7.54. The van der Waals surface area contributed by atoms with Gasteiger partial charge in [-0.15, -0.1) is 0 Å². The van der Waals surface area contributed by atoms with Crippen molar-refractivity contribution in [1.82, 2.24) is 9.72 Å². The molecule has 0 unspecified atom stereocenters. The van der Waals surface area contributed by atoms with Crippen molar-refractivity contribution in [3.8, 4) is 11.1 Å². The van der Waals surface area contributed by atoms with E-state index in [9.17, 15) is 9.59 Å². The topological polar surface area (TPSA) is 77.1 Å². The molecule has 0 radical (unpaired) electrons. The summed E-state index contributed by atoms with van der Waals surface area (Å²) in [6, 6.07) is 14.4. The van der Waals surface area contributed by atoms with Gasteiger partial charge in [0.2, 0.25) is 5.91 Å². The van der Waals surface area contributed by atoms with Gasteiger partial charge in [0.1, 0.15) is 12.3 Å². The van der Waals surface area contributed by atoms with Gasteiger partial charge in [0, 0.05) is 34.7 Å². The Morgan fingerprint density at radius 3 is 2.63 bits per heavy atom. The zero-order valence-corrected chi connectivity index (χ0v) is 17.4. The summed E-state index contributed by atoms with van der Waals surface area (Å²) in [5.41, 5.74) is 2.85. The molecule has 0 spiro atoms. The number of anilines is 1. The lowest BCUT2D eigenvalue weighted by molar-refractivity contribution is -0.116. The molecular weight excluding hydrogens is 402 g/mol. The normalized spacial score (nSPS) is 11.0. The van der Waals surface area contributed by atoms with Gasteiger partial charge in [-0.2, -0.15) is 0 Å². The molecule has 0 aliphatic heterocycles. The third-order valence-electron chi connectivity index (χ3n) is 4.88. The molecule has 1 N–H and O–H groups in total. The molecule has 152 valence electrons. The molecule has 0 atom stereocenters. The summed E-state index contributed by atoms with van der Waals surface area (Å²) in [5, 5.41) is 7.74. The molecular formula is C23H20ClN3O3. The smallest absolute Gasteiger partial charge is 0.245 e. The average Bonchev–Trinajstić information content (AvgIpc) is 3.18. The summed E-state index contributed by atoms with van der Waals surface area (Å²) in [4.78, 5) is 25.8. The lowest BCUT2D eigenvalue weighted by atomic mass is 10.0. The number of carbonyl (C=O) groups is 1. The Kier molecular flexibility index (Phi) is 5.42. The monoisotopic (exact) mass is 421 g/mol.